The number of halogens is 2. The van der Waals surface area contributed by atoms with E-state index in [-0.39, 0.29) is 12.4 Å². The molecule has 2 nitrogen and oxygen atoms in total. The van der Waals surface area contributed by atoms with Crippen LogP contribution in [0.1, 0.15) is 32.1 Å². The van der Waals surface area contributed by atoms with Crippen molar-refractivity contribution >= 4 is 0 Å². The van der Waals surface area contributed by atoms with Gasteiger partial charge in [-0.2, -0.15) is 0 Å². The zero-order chi connectivity index (χ0) is 12.3. The van der Waals surface area contributed by atoms with Gasteiger partial charge in [-0.05, 0) is 25.0 Å². The van der Waals surface area contributed by atoms with Gasteiger partial charge in [-0.25, -0.2) is 8.78 Å². The van der Waals surface area contributed by atoms with Gasteiger partial charge in [0, 0.05) is 6.07 Å². The standard InChI is InChI=1S/C13H16F2O2/c14-11-5-4-10(8-12(11)15)17-9-13(16)6-2-1-3-7-13/h4-5,8,16H,1-3,6-7,9H2. The lowest BCUT2D eigenvalue weighted by Crippen LogP contribution is -2.37. The molecule has 1 aromatic rings. The minimum absolute atomic E-state index is 0.137. The van der Waals surface area contributed by atoms with E-state index in [9.17, 15) is 13.9 Å². The summed E-state index contributed by atoms with van der Waals surface area (Å²) in [5, 5.41) is 10.2. The average molecular weight is 242 g/mol. The quantitative estimate of drug-likeness (QED) is 0.882. The Kier molecular flexibility index (Phi) is 3.62. The van der Waals surface area contributed by atoms with Crippen LogP contribution in [0.2, 0.25) is 0 Å². The first kappa shape index (κ1) is 12.3. The topological polar surface area (TPSA) is 29.5 Å². The SMILES string of the molecule is OC1(COc2ccc(F)c(F)c2)CCCCC1. The molecule has 94 valence electrons. The van der Waals surface area contributed by atoms with Gasteiger partial charge >= 0.3 is 0 Å². The van der Waals surface area contributed by atoms with Crippen LogP contribution in [0.5, 0.6) is 5.75 Å². The summed E-state index contributed by atoms with van der Waals surface area (Å²) in [6.45, 7) is 0.137. The van der Waals surface area contributed by atoms with Crippen LogP contribution < -0.4 is 4.74 Å². The Morgan fingerprint density at radius 1 is 1.12 bits per heavy atom. The normalized spacial score (nSPS) is 19.0. The summed E-state index contributed by atoms with van der Waals surface area (Å²) < 4.78 is 30.9. The minimum Gasteiger partial charge on any atom is -0.490 e. The van der Waals surface area contributed by atoms with Crippen LogP contribution in [-0.4, -0.2) is 17.3 Å². The molecule has 2 rings (SSSR count). The molecule has 1 saturated carbocycles. The molecule has 0 radical (unpaired) electrons. The predicted molar refractivity (Wildman–Crippen MR) is 59.9 cm³/mol. The van der Waals surface area contributed by atoms with E-state index in [1.807, 2.05) is 0 Å². The predicted octanol–water partition coefficient (Wildman–Crippen LogP) is 3.04. The number of ether oxygens (including phenoxy) is 1. The second-order valence-corrected chi connectivity index (χ2v) is 4.65. The summed E-state index contributed by atoms with van der Waals surface area (Å²) in [6, 6.07) is 3.39. The number of hydrogen-bond donors (Lipinski definition) is 1. The van der Waals surface area contributed by atoms with Crippen LogP contribution in [0, 0.1) is 11.6 Å². The van der Waals surface area contributed by atoms with E-state index in [2.05, 4.69) is 0 Å². The molecule has 1 aliphatic carbocycles. The smallest absolute Gasteiger partial charge is 0.162 e. The average Bonchev–Trinajstić information content (AvgIpc) is 2.32. The van der Waals surface area contributed by atoms with Crippen molar-refractivity contribution in [1.82, 2.24) is 0 Å². The summed E-state index contributed by atoms with van der Waals surface area (Å²) in [5.74, 6) is -1.57. The van der Waals surface area contributed by atoms with Crippen molar-refractivity contribution in [2.45, 2.75) is 37.7 Å². The first-order valence-electron chi connectivity index (χ1n) is 5.89. The van der Waals surface area contributed by atoms with Gasteiger partial charge in [0.15, 0.2) is 11.6 Å². The Hall–Kier alpha value is -1.16. The van der Waals surface area contributed by atoms with E-state index in [1.54, 1.807) is 0 Å². The monoisotopic (exact) mass is 242 g/mol. The number of rotatable bonds is 3. The summed E-state index contributed by atoms with van der Waals surface area (Å²) in [4.78, 5) is 0. The summed E-state index contributed by atoms with van der Waals surface area (Å²) in [5.41, 5.74) is -0.816. The maximum Gasteiger partial charge on any atom is 0.162 e. The van der Waals surface area contributed by atoms with Gasteiger partial charge < -0.3 is 9.84 Å². The van der Waals surface area contributed by atoms with Crippen LogP contribution in [-0.2, 0) is 0 Å². The fraction of sp³-hybridized carbons (Fsp3) is 0.538. The van der Waals surface area contributed by atoms with Crippen molar-refractivity contribution in [3.63, 3.8) is 0 Å². The molecule has 1 aliphatic rings. The summed E-state index contributed by atoms with van der Waals surface area (Å²) in [7, 11) is 0. The van der Waals surface area contributed by atoms with Gasteiger partial charge in [-0.3, -0.25) is 0 Å². The van der Waals surface area contributed by atoms with Gasteiger partial charge in [0.25, 0.3) is 0 Å². The molecule has 17 heavy (non-hydrogen) atoms. The van der Waals surface area contributed by atoms with Gasteiger partial charge in [-0.15, -0.1) is 0 Å². The lowest BCUT2D eigenvalue weighted by molar-refractivity contribution is -0.0339. The minimum atomic E-state index is -0.932. The molecule has 1 N–H and O–H groups in total. The van der Waals surface area contributed by atoms with Crippen LogP contribution in [0.15, 0.2) is 18.2 Å². The Labute approximate surface area is 99.2 Å². The molecule has 0 aromatic heterocycles. The number of hydrogen-bond acceptors (Lipinski definition) is 2. The Bertz CT molecular complexity index is 387. The third kappa shape index (κ3) is 3.16. The first-order chi connectivity index (χ1) is 8.09. The molecule has 0 unspecified atom stereocenters. The Morgan fingerprint density at radius 2 is 1.82 bits per heavy atom. The molecular formula is C13H16F2O2. The van der Waals surface area contributed by atoms with Gasteiger partial charge in [0.2, 0.25) is 0 Å². The molecule has 0 heterocycles. The lowest BCUT2D eigenvalue weighted by atomic mass is 9.85. The number of benzene rings is 1. The highest BCUT2D eigenvalue weighted by atomic mass is 19.2. The molecule has 0 saturated heterocycles. The van der Waals surface area contributed by atoms with Crippen molar-refractivity contribution in [3.05, 3.63) is 29.8 Å². The third-order valence-corrected chi connectivity index (χ3v) is 3.18. The van der Waals surface area contributed by atoms with Crippen LogP contribution in [0.4, 0.5) is 8.78 Å². The van der Waals surface area contributed by atoms with Crippen LogP contribution >= 0.6 is 0 Å². The highest BCUT2D eigenvalue weighted by Gasteiger charge is 2.30. The van der Waals surface area contributed by atoms with Gasteiger partial charge in [0.1, 0.15) is 12.4 Å². The fourth-order valence-corrected chi connectivity index (χ4v) is 2.14. The fourth-order valence-electron chi connectivity index (χ4n) is 2.14. The molecular weight excluding hydrogens is 226 g/mol. The van der Waals surface area contributed by atoms with Crippen molar-refractivity contribution in [2.24, 2.45) is 0 Å². The summed E-state index contributed by atoms with van der Waals surface area (Å²) >= 11 is 0. The highest BCUT2D eigenvalue weighted by molar-refractivity contribution is 5.23. The van der Waals surface area contributed by atoms with E-state index in [0.29, 0.717) is 12.8 Å². The lowest BCUT2D eigenvalue weighted by Gasteiger charge is -2.31. The van der Waals surface area contributed by atoms with E-state index in [4.69, 9.17) is 4.74 Å². The van der Waals surface area contributed by atoms with E-state index >= 15 is 0 Å². The molecule has 0 amide bonds. The van der Waals surface area contributed by atoms with Crippen molar-refractivity contribution in [3.8, 4) is 5.75 Å². The van der Waals surface area contributed by atoms with Crippen molar-refractivity contribution in [1.29, 1.82) is 0 Å². The highest BCUT2D eigenvalue weighted by Crippen LogP contribution is 2.29. The zero-order valence-electron chi connectivity index (χ0n) is 9.59. The molecule has 0 spiro atoms. The molecule has 0 aliphatic heterocycles. The molecule has 0 atom stereocenters. The van der Waals surface area contributed by atoms with Crippen LogP contribution in [0.25, 0.3) is 0 Å². The Morgan fingerprint density at radius 3 is 2.47 bits per heavy atom. The van der Waals surface area contributed by atoms with E-state index in [1.165, 1.54) is 6.07 Å². The first-order valence-corrected chi connectivity index (χ1v) is 5.89. The summed E-state index contributed by atoms with van der Waals surface area (Å²) in [6.07, 6.45) is 4.51. The third-order valence-electron chi connectivity index (χ3n) is 3.18. The molecule has 4 heteroatoms. The van der Waals surface area contributed by atoms with Crippen molar-refractivity contribution in [2.75, 3.05) is 6.61 Å². The van der Waals surface area contributed by atoms with E-state index in [0.717, 1.165) is 31.4 Å². The van der Waals surface area contributed by atoms with Crippen LogP contribution in [0.3, 0.4) is 0 Å². The maximum absolute atomic E-state index is 12.9. The van der Waals surface area contributed by atoms with E-state index < -0.39 is 17.2 Å². The number of aliphatic hydroxyl groups is 1. The Balaban J connectivity index is 1.94. The largest absolute Gasteiger partial charge is 0.490 e. The second-order valence-electron chi connectivity index (χ2n) is 4.65. The van der Waals surface area contributed by atoms with Crippen molar-refractivity contribution < 1.29 is 18.6 Å². The maximum atomic E-state index is 12.9. The van der Waals surface area contributed by atoms with Gasteiger partial charge in [-0.1, -0.05) is 19.3 Å². The second kappa shape index (κ2) is 5.00. The van der Waals surface area contributed by atoms with Gasteiger partial charge in [0.05, 0.1) is 5.60 Å². The molecule has 1 aromatic carbocycles. The zero-order valence-corrected chi connectivity index (χ0v) is 9.59. The molecule has 0 bridgehead atoms. The molecule has 1 fully saturated rings.